The summed E-state index contributed by atoms with van der Waals surface area (Å²) < 4.78 is 0. The van der Waals surface area contributed by atoms with Gasteiger partial charge < -0.3 is 10.7 Å². The topological polar surface area (TPSA) is 84.7 Å². The maximum atomic E-state index is 12.2. The largest absolute Gasteiger partial charge is 0.366 e. The van der Waals surface area contributed by atoms with Crippen molar-refractivity contribution in [2.75, 3.05) is 0 Å². The first kappa shape index (κ1) is 20.1. The van der Waals surface area contributed by atoms with E-state index in [1.165, 1.54) is 11.1 Å². The third-order valence-corrected chi connectivity index (χ3v) is 6.65. The number of para-hydroxylation sites is 2. The molecule has 2 heterocycles. The highest BCUT2D eigenvalue weighted by atomic mass is 16.1. The minimum atomic E-state index is -0.441. The highest BCUT2D eigenvalue weighted by molar-refractivity contribution is 6.19. The van der Waals surface area contributed by atoms with Crippen LogP contribution in [0.1, 0.15) is 27.2 Å². The maximum absolute atomic E-state index is 12.2. The number of carbonyl (C=O) groups is 1. The molecule has 0 unspecified atom stereocenters. The zero-order valence-corrected chi connectivity index (χ0v) is 18.7. The number of nitrogens with two attached hydrogens (primary N) is 1. The fourth-order valence-electron chi connectivity index (χ4n) is 4.94. The predicted molar refractivity (Wildman–Crippen MR) is 137 cm³/mol. The van der Waals surface area contributed by atoms with Crippen molar-refractivity contribution in [1.82, 2.24) is 15.0 Å². The van der Waals surface area contributed by atoms with Crippen LogP contribution < -0.4 is 5.73 Å². The Morgan fingerprint density at radius 3 is 2.50 bits per heavy atom. The number of primary amides is 1. The molecule has 0 aliphatic heterocycles. The lowest BCUT2D eigenvalue weighted by Gasteiger charge is -2.14. The molecule has 3 N–H and O–H groups in total. The molecule has 5 nitrogen and oxygen atoms in total. The second-order valence-electron chi connectivity index (χ2n) is 8.55. The number of rotatable bonds is 4. The van der Waals surface area contributed by atoms with Crippen LogP contribution in [-0.2, 0) is 6.42 Å². The van der Waals surface area contributed by atoms with Crippen molar-refractivity contribution in [2.24, 2.45) is 5.73 Å². The van der Waals surface area contributed by atoms with Crippen LogP contribution in [0.2, 0.25) is 0 Å². The summed E-state index contributed by atoms with van der Waals surface area (Å²) in [5.41, 5.74) is 14.5. The number of carbonyl (C=O) groups excluding carboxylic acids is 1. The van der Waals surface area contributed by atoms with Crippen molar-refractivity contribution in [3.63, 3.8) is 0 Å². The average molecular weight is 443 g/mol. The molecule has 0 radical (unpaired) electrons. The number of benzene rings is 4. The van der Waals surface area contributed by atoms with Crippen molar-refractivity contribution >= 4 is 38.6 Å². The van der Waals surface area contributed by atoms with Gasteiger partial charge in [0.2, 0.25) is 0 Å². The van der Waals surface area contributed by atoms with Gasteiger partial charge in [-0.05, 0) is 47.4 Å². The van der Waals surface area contributed by atoms with Gasteiger partial charge in [0.25, 0.3) is 5.91 Å². The first-order valence-electron chi connectivity index (χ1n) is 11.2. The van der Waals surface area contributed by atoms with Crippen LogP contribution in [0.25, 0.3) is 43.8 Å². The van der Waals surface area contributed by atoms with Gasteiger partial charge in [0, 0.05) is 28.1 Å². The summed E-state index contributed by atoms with van der Waals surface area (Å²) in [7, 11) is 0. The number of nitrogens with one attached hydrogen (secondary N) is 1. The van der Waals surface area contributed by atoms with Gasteiger partial charge in [0.05, 0.1) is 22.3 Å². The molecule has 0 saturated carbocycles. The van der Waals surface area contributed by atoms with E-state index in [0.29, 0.717) is 12.0 Å². The molecule has 6 aromatic rings. The number of fused-ring (bicyclic) bond motifs is 4. The molecule has 34 heavy (non-hydrogen) atoms. The fraction of sp³-hybridized carbons (Fsp3) is 0.0690. The van der Waals surface area contributed by atoms with E-state index in [1.54, 1.807) is 6.33 Å². The number of hydrogen-bond acceptors (Lipinski definition) is 3. The second kappa shape index (κ2) is 7.81. The smallest absolute Gasteiger partial charge is 0.250 e. The van der Waals surface area contributed by atoms with Gasteiger partial charge in [-0.3, -0.25) is 4.79 Å². The summed E-state index contributed by atoms with van der Waals surface area (Å²) in [6, 6.07) is 26.4. The van der Waals surface area contributed by atoms with E-state index < -0.39 is 5.91 Å². The van der Waals surface area contributed by atoms with Crippen molar-refractivity contribution in [2.45, 2.75) is 13.3 Å². The standard InChI is InChI=1S/C29H22N4O/c1-17-18(15-26-21-8-2-4-11-24(21)31-16-32-26)7-6-10-19(17)20-13-14-23(29(30)34)28-27(20)22-9-3-5-12-25(22)33-28/h2-14,16,33H,15H2,1H3,(H2,30,34). The van der Waals surface area contributed by atoms with Gasteiger partial charge in [-0.2, -0.15) is 0 Å². The molecule has 164 valence electrons. The van der Waals surface area contributed by atoms with Gasteiger partial charge in [-0.1, -0.05) is 60.7 Å². The molecule has 5 heteroatoms. The molecule has 0 spiro atoms. The quantitative estimate of drug-likeness (QED) is 0.355. The van der Waals surface area contributed by atoms with Crippen molar-refractivity contribution in [3.8, 4) is 11.1 Å². The Morgan fingerprint density at radius 2 is 1.65 bits per heavy atom. The average Bonchev–Trinajstić information content (AvgIpc) is 3.25. The van der Waals surface area contributed by atoms with E-state index in [9.17, 15) is 4.79 Å². The van der Waals surface area contributed by atoms with Gasteiger partial charge in [-0.25, -0.2) is 9.97 Å². The Hall–Kier alpha value is -4.51. The summed E-state index contributed by atoms with van der Waals surface area (Å²) in [6.45, 7) is 2.15. The second-order valence-corrected chi connectivity index (χ2v) is 8.55. The fourth-order valence-corrected chi connectivity index (χ4v) is 4.94. The van der Waals surface area contributed by atoms with E-state index in [1.807, 2.05) is 48.5 Å². The third kappa shape index (κ3) is 3.13. The molecule has 2 aromatic heterocycles. The summed E-state index contributed by atoms with van der Waals surface area (Å²) in [5.74, 6) is -0.441. The zero-order valence-electron chi connectivity index (χ0n) is 18.7. The Bertz CT molecular complexity index is 1730. The lowest BCUT2D eigenvalue weighted by atomic mass is 9.90. The van der Waals surface area contributed by atoms with Gasteiger partial charge in [0.1, 0.15) is 6.33 Å². The highest BCUT2D eigenvalue weighted by Gasteiger charge is 2.18. The van der Waals surface area contributed by atoms with Crippen molar-refractivity contribution in [1.29, 1.82) is 0 Å². The minimum absolute atomic E-state index is 0.441. The number of H-pyrrole nitrogens is 1. The number of amides is 1. The monoisotopic (exact) mass is 442 g/mol. The molecule has 0 aliphatic rings. The van der Waals surface area contributed by atoms with E-state index in [4.69, 9.17) is 5.73 Å². The molecule has 0 aliphatic carbocycles. The van der Waals surface area contributed by atoms with Crippen molar-refractivity contribution < 1.29 is 4.79 Å². The minimum Gasteiger partial charge on any atom is -0.366 e. The lowest BCUT2D eigenvalue weighted by molar-refractivity contribution is 0.100. The molecule has 0 atom stereocenters. The van der Waals surface area contributed by atoms with Crippen LogP contribution in [0, 0.1) is 6.92 Å². The summed E-state index contributed by atoms with van der Waals surface area (Å²) in [6.07, 6.45) is 2.34. The molecule has 6 rings (SSSR count). The van der Waals surface area contributed by atoms with E-state index in [2.05, 4.69) is 52.2 Å². The van der Waals surface area contributed by atoms with Crippen LogP contribution >= 0.6 is 0 Å². The van der Waals surface area contributed by atoms with Crippen LogP contribution in [0.3, 0.4) is 0 Å². The first-order chi connectivity index (χ1) is 16.6. The molecule has 0 saturated heterocycles. The SMILES string of the molecule is Cc1c(Cc2ncnc3ccccc23)cccc1-c1ccc(C(N)=O)c2[nH]c3ccccc3c12. The Balaban J connectivity index is 1.55. The van der Waals surface area contributed by atoms with Crippen LogP contribution in [0.5, 0.6) is 0 Å². The maximum Gasteiger partial charge on any atom is 0.250 e. The summed E-state index contributed by atoms with van der Waals surface area (Å²) in [4.78, 5) is 24.6. The third-order valence-electron chi connectivity index (χ3n) is 6.65. The molecular weight excluding hydrogens is 420 g/mol. The van der Waals surface area contributed by atoms with E-state index >= 15 is 0 Å². The lowest BCUT2D eigenvalue weighted by Crippen LogP contribution is -2.11. The van der Waals surface area contributed by atoms with E-state index in [-0.39, 0.29) is 0 Å². The molecule has 4 aromatic carbocycles. The normalized spacial score (nSPS) is 11.4. The molecule has 1 amide bonds. The van der Waals surface area contributed by atoms with Gasteiger partial charge in [-0.15, -0.1) is 0 Å². The zero-order chi connectivity index (χ0) is 23.2. The number of hydrogen-bond donors (Lipinski definition) is 2. The Kier molecular flexibility index (Phi) is 4.62. The van der Waals surface area contributed by atoms with Gasteiger partial charge >= 0.3 is 0 Å². The van der Waals surface area contributed by atoms with Gasteiger partial charge in [0.15, 0.2) is 0 Å². The van der Waals surface area contributed by atoms with Crippen LogP contribution in [-0.4, -0.2) is 20.9 Å². The number of aromatic amines is 1. The van der Waals surface area contributed by atoms with Crippen molar-refractivity contribution in [3.05, 3.63) is 108 Å². The molecule has 0 bridgehead atoms. The number of aromatic nitrogens is 3. The molecule has 0 fully saturated rings. The highest BCUT2D eigenvalue weighted by Crippen LogP contribution is 2.38. The van der Waals surface area contributed by atoms with E-state index in [0.717, 1.165) is 49.5 Å². The predicted octanol–water partition coefficient (Wildman–Crippen LogP) is 5.93. The first-order valence-corrected chi connectivity index (χ1v) is 11.2. The Morgan fingerprint density at radius 1 is 0.853 bits per heavy atom. The van der Waals surface area contributed by atoms with Crippen LogP contribution in [0.4, 0.5) is 0 Å². The molecular formula is C29H22N4O. The Labute approximate surface area is 196 Å². The number of nitrogens with zero attached hydrogens (tertiary/aromatic N) is 2. The summed E-state index contributed by atoms with van der Waals surface area (Å²) in [5, 5.41) is 3.15. The summed E-state index contributed by atoms with van der Waals surface area (Å²) >= 11 is 0. The van der Waals surface area contributed by atoms with Crippen LogP contribution in [0.15, 0.2) is 85.2 Å².